The molecule has 1 aromatic heterocycles. The molecule has 1 heterocycles. The standard InChI is InChI=1S/C13H23N3OS/c1-4-5-10-6-7-11(14-3)12(8-10)18-13-16-15-9(2)17-13/h10-12,14H,4-8H2,1-3H3. The van der Waals surface area contributed by atoms with Gasteiger partial charge in [0, 0.05) is 18.2 Å². The maximum Gasteiger partial charge on any atom is 0.276 e. The molecule has 0 amide bonds. The summed E-state index contributed by atoms with van der Waals surface area (Å²) >= 11 is 1.74. The van der Waals surface area contributed by atoms with Crippen LogP contribution in [0.1, 0.15) is 44.9 Å². The molecule has 0 bridgehead atoms. The van der Waals surface area contributed by atoms with Crippen molar-refractivity contribution in [1.82, 2.24) is 15.5 Å². The maximum atomic E-state index is 5.49. The van der Waals surface area contributed by atoms with Crippen LogP contribution in [0.4, 0.5) is 0 Å². The van der Waals surface area contributed by atoms with Crippen LogP contribution in [0.25, 0.3) is 0 Å². The lowest BCUT2D eigenvalue weighted by Crippen LogP contribution is -2.40. The molecule has 1 aliphatic rings. The van der Waals surface area contributed by atoms with Gasteiger partial charge in [-0.25, -0.2) is 0 Å². The first-order chi connectivity index (χ1) is 8.72. The summed E-state index contributed by atoms with van der Waals surface area (Å²) in [6.45, 7) is 4.11. The normalized spacial score (nSPS) is 28.5. The van der Waals surface area contributed by atoms with E-state index in [1.165, 1.54) is 32.1 Å². The Kier molecular flexibility index (Phi) is 5.06. The molecule has 0 aliphatic heterocycles. The molecule has 2 rings (SSSR count). The zero-order valence-corrected chi connectivity index (χ0v) is 12.3. The van der Waals surface area contributed by atoms with Crippen molar-refractivity contribution in [1.29, 1.82) is 0 Å². The summed E-state index contributed by atoms with van der Waals surface area (Å²) < 4.78 is 5.49. The first-order valence-electron chi connectivity index (χ1n) is 6.87. The fourth-order valence-electron chi connectivity index (χ4n) is 2.80. The van der Waals surface area contributed by atoms with Crippen LogP contribution in [-0.2, 0) is 0 Å². The molecule has 18 heavy (non-hydrogen) atoms. The second kappa shape index (κ2) is 6.57. The van der Waals surface area contributed by atoms with Crippen molar-refractivity contribution < 1.29 is 4.42 Å². The van der Waals surface area contributed by atoms with Crippen LogP contribution >= 0.6 is 11.8 Å². The Bertz CT molecular complexity index is 369. The van der Waals surface area contributed by atoms with E-state index in [4.69, 9.17) is 4.42 Å². The number of hydrogen-bond acceptors (Lipinski definition) is 5. The predicted octanol–water partition coefficient (Wildman–Crippen LogP) is 3.03. The van der Waals surface area contributed by atoms with Crippen molar-refractivity contribution in [2.24, 2.45) is 5.92 Å². The quantitative estimate of drug-likeness (QED) is 0.890. The van der Waals surface area contributed by atoms with Crippen LogP contribution < -0.4 is 5.32 Å². The van der Waals surface area contributed by atoms with Crippen LogP contribution in [0.15, 0.2) is 9.64 Å². The Balaban J connectivity index is 1.97. The first kappa shape index (κ1) is 13.9. The second-order valence-electron chi connectivity index (χ2n) is 5.11. The van der Waals surface area contributed by atoms with Gasteiger partial charge in [-0.15, -0.1) is 10.2 Å². The van der Waals surface area contributed by atoms with Gasteiger partial charge in [-0.05, 0) is 32.2 Å². The number of aromatic nitrogens is 2. The van der Waals surface area contributed by atoms with Gasteiger partial charge in [0.05, 0.1) is 0 Å². The van der Waals surface area contributed by atoms with Crippen molar-refractivity contribution in [3.63, 3.8) is 0 Å². The van der Waals surface area contributed by atoms with Crippen molar-refractivity contribution in [3.8, 4) is 0 Å². The van der Waals surface area contributed by atoms with Crippen molar-refractivity contribution in [2.75, 3.05) is 7.05 Å². The Morgan fingerprint density at radius 3 is 2.83 bits per heavy atom. The lowest BCUT2D eigenvalue weighted by molar-refractivity contribution is 0.294. The van der Waals surface area contributed by atoms with Crippen LogP contribution in [0.2, 0.25) is 0 Å². The number of aryl methyl sites for hydroxylation is 1. The number of hydrogen-bond donors (Lipinski definition) is 1. The Labute approximate surface area is 113 Å². The first-order valence-corrected chi connectivity index (χ1v) is 7.75. The monoisotopic (exact) mass is 269 g/mol. The van der Waals surface area contributed by atoms with E-state index in [0.29, 0.717) is 17.2 Å². The lowest BCUT2D eigenvalue weighted by Gasteiger charge is -2.34. The van der Waals surface area contributed by atoms with Crippen molar-refractivity contribution in [2.45, 2.75) is 62.5 Å². The Morgan fingerprint density at radius 1 is 1.39 bits per heavy atom. The zero-order valence-electron chi connectivity index (χ0n) is 11.5. The summed E-state index contributed by atoms with van der Waals surface area (Å²) in [7, 11) is 2.05. The fraction of sp³-hybridized carbons (Fsp3) is 0.846. The summed E-state index contributed by atoms with van der Waals surface area (Å²) in [5, 5.41) is 12.7. The molecule has 0 radical (unpaired) electrons. The molecule has 1 aliphatic carbocycles. The summed E-state index contributed by atoms with van der Waals surface area (Å²) in [5.74, 6) is 1.51. The molecular weight excluding hydrogens is 246 g/mol. The molecule has 1 fully saturated rings. The van der Waals surface area contributed by atoms with E-state index in [2.05, 4.69) is 29.5 Å². The highest BCUT2D eigenvalue weighted by Crippen LogP contribution is 2.37. The predicted molar refractivity (Wildman–Crippen MR) is 73.8 cm³/mol. The van der Waals surface area contributed by atoms with Crippen LogP contribution in [0.5, 0.6) is 0 Å². The minimum atomic E-state index is 0.556. The third-order valence-corrected chi connectivity index (χ3v) is 4.92. The van der Waals surface area contributed by atoms with Gasteiger partial charge in [-0.1, -0.05) is 31.5 Å². The number of thioether (sulfide) groups is 1. The van der Waals surface area contributed by atoms with Gasteiger partial charge >= 0.3 is 0 Å². The second-order valence-corrected chi connectivity index (χ2v) is 6.30. The number of nitrogens with one attached hydrogen (secondary N) is 1. The Morgan fingerprint density at radius 2 is 2.22 bits per heavy atom. The molecule has 1 saturated carbocycles. The minimum absolute atomic E-state index is 0.556. The van der Waals surface area contributed by atoms with E-state index in [1.54, 1.807) is 11.8 Å². The molecule has 0 aromatic carbocycles. The van der Waals surface area contributed by atoms with E-state index in [-0.39, 0.29) is 0 Å². The molecular formula is C13H23N3OS. The van der Waals surface area contributed by atoms with Gasteiger partial charge in [-0.2, -0.15) is 0 Å². The molecule has 5 heteroatoms. The highest BCUT2D eigenvalue weighted by molar-refractivity contribution is 7.99. The van der Waals surface area contributed by atoms with Gasteiger partial charge in [0.25, 0.3) is 5.22 Å². The van der Waals surface area contributed by atoms with E-state index in [9.17, 15) is 0 Å². The maximum absolute atomic E-state index is 5.49. The van der Waals surface area contributed by atoms with E-state index in [0.717, 1.165) is 11.1 Å². The van der Waals surface area contributed by atoms with Crippen LogP contribution in [0.3, 0.4) is 0 Å². The van der Waals surface area contributed by atoms with Gasteiger partial charge in [0.1, 0.15) is 0 Å². The number of rotatable bonds is 5. The van der Waals surface area contributed by atoms with Crippen molar-refractivity contribution >= 4 is 11.8 Å². The fourth-order valence-corrected chi connectivity index (χ4v) is 4.12. The smallest absolute Gasteiger partial charge is 0.276 e. The third-order valence-electron chi connectivity index (χ3n) is 3.73. The molecule has 0 spiro atoms. The van der Waals surface area contributed by atoms with Crippen LogP contribution in [0, 0.1) is 12.8 Å². The van der Waals surface area contributed by atoms with Crippen LogP contribution in [-0.4, -0.2) is 28.5 Å². The van der Waals surface area contributed by atoms with E-state index < -0.39 is 0 Å². The molecule has 1 N–H and O–H groups in total. The molecule has 1 aromatic rings. The zero-order chi connectivity index (χ0) is 13.0. The van der Waals surface area contributed by atoms with E-state index >= 15 is 0 Å². The molecule has 3 unspecified atom stereocenters. The summed E-state index contributed by atoms with van der Waals surface area (Å²) in [4.78, 5) is 0. The molecule has 0 saturated heterocycles. The van der Waals surface area contributed by atoms with E-state index in [1.807, 2.05) is 6.92 Å². The number of nitrogens with zero attached hydrogens (tertiary/aromatic N) is 2. The SMILES string of the molecule is CCCC1CCC(NC)C(Sc2nnc(C)o2)C1. The average molecular weight is 269 g/mol. The van der Waals surface area contributed by atoms with Gasteiger partial charge in [0.2, 0.25) is 5.89 Å². The minimum Gasteiger partial charge on any atom is -0.416 e. The summed E-state index contributed by atoms with van der Waals surface area (Å²) in [5.41, 5.74) is 0. The average Bonchev–Trinajstić information content (AvgIpc) is 2.76. The summed E-state index contributed by atoms with van der Waals surface area (Å²) in [6, 6.07) is 0.565. The van der Waals surface area contributed by atoms with Gasteiger partial charge < -0.3 is 9.73 Å². The molecule has 4 nitrogen and oxygen atoms in total. The van der Waals surface area contributed by atoms with Gasteiger partial charge in [0.15, 0.2) is 0 Å². The molecule has 3 atom stereocenters. The summed E-state index contributed by atoms with van der Waals surface area (Å²) in [6.07, 6.45) is 6.49. The van der Waals surface area contributed by atoms with Gasteiger partial charge in [-0.3, -0.25) is 0 Å². The third kappa shape index (κ3) is 3.48. The Hall–Kier alpha value is -0.550. The van der Waals surface area contributed by atoms with Crippen molar-refractivity contribution in [3.05, 3.63) is 5.89 Å². The highest BCUT2D eigenvalue weighted by atomic mass is 32.2. The lowest BCUT2D eigenvalue weighted by atomic mass is 9.83. The topological polar surface area (TPSA) is 51.0 Å². The highest BCUT2D eigenvalue weighted by Gasteiger charge is 2.31. The largest absolute Gasteiger partial charge is 0.416 e. The molecule has 102 valence electrons.